The maximum atomic E-state index is 12.6. The van der Waals surface area contributed by atoms with Crippen molar-refractivity contribution in [2.75, 3.05) is 7.11 Å². The van der Waals surface area contributed by atoms with Gasteiger partial charge in [-0.3, -0.25) is 4.79 Å². The summed E-state index contributed by atoms with van der Waals surface area (Å²) < 4.78 is 32.5. The topological polar surface area (TPSA) is 97.4 Å². The third kappa shape index (κ3) is 4.20. The van der Waals surface area contributed by atoms with E-state index in [-0.39, 0.29) is 23.4 Å². The Morgan fingerprint density at radius 2 is 2.08 bits per heavy atom. The zero-order chi connectivity index (χ0) is 18.7. The van der Waals surface area contributed by atoms with Gasteiger partial charge in [0.1, 0.15) is 0 Å². The molecule has 0 bridgehead atoms. The number of methoxy groups -OCH3 is 1. The molecule has 26 heavy (non-hydrogen) atoms. The number of nitrogens with zero attached hydrogens (tertiary/aromatic N) is 1. The molecule has 0 saturated heterocycles. The highest BCUT2D eigenvalue weighted by Crippen LogP contribution is 2.23. The molecule has 0 spiro atoms. The van der Waals surface area contributed by atoms with Crippen LogP contribution < -0.4 is 14.8 Å². The van der Waals surface area contributed by atoms with E-state index in [0.29, 0.717) is 17.0 Å². The number of sulfonamides is 1. The number of amides is 1. The first kappa shape index (κ1) is 18.3. The van der Waals surface area contributed by atoms with Crippen LogP contribution in [0.1, 0.15) is 34.3 Å². The highest BCUT2D eigenvalue weighted by Gasteiger charge is 2.28. The first-order valence-corrected chi connectivity index (χ1v) is 9.78. The predicted octanol–water partition coefficient (Wildman–Crippen LogP) is 1.77. The summed E-state index contributed by atoms with van der Waals surface area (Å²) in [5.74, 6) is 0.0892. The molecule has 1 aromatic heterocycles. The van der Waals surface area contributed by atoms with Crippen molar-refractivity contribution in [1.29, 1.82) is 0 Å². The Morgan fingerprint density at radius 3 is 2.77 bits per heavy atom. The third-order valence-electron chi connectivity index (χ3n) is 4.15. The van der Waals surface area contributed by atoms with Gasteiger partial charge >= 0.3 is 0 Å². The Balaban J connectivity index is 1.77. The zero-order valence-corrected chi connectivity index (χ0v) is 15.5. The van der Waals surface area contributed by atoms with Crippen LogP contribution in [0.25, 0.3) is 0 Å². The molecule has 1 fully saturated rings. The van der Waals surface area contributed by atoms with Crippen molar-refractivity contribution in [3.8, 4) is 5.88 Å². The van der Waals surface area contributed by atoms with E-state index in [4.69, 9.17) is 4.74 Å². The molecule has 138 valence electrons. The van der Waals surface area contributed by atoms with Crippen molar-refractivity contribution in [3.05, 3.63) is 53.2 Å². The summed E-state index contributed by atoms with van der Waals surface area (Å²) in [7, 11) is -2.09. The summed E-state index contributed by atoms with van der Waals surface area (Å²) in [5, 5.41) is 2.79. The van der Waals surface area contributed by atoms with E-state index in [0.717, 1.165) is 18.4 Å². The number of pyridine rings is 1. The first-order valence-electron chi connectivity index (χ1n) is 8.30. The smallest absolute Gasteiger partial charge is 0.251 e. The Bertz CT molecular complexity index is 924. The van der Waals surface area contributed by atoms with Crippen LogP contribution in [0, 0.1) is 6.92 Å². The van der Waals surface area contributed by atoms with Gasteiger partial charge in [-0.1, -0.05) is 12.1 Å². The molecule has 1 aromatic carbocycles. The van der Waals surface area contributed by atoms with Crippen molar-refractivity contribution in [2.45, 2.75) is 37.2 Å². The lowest BCUT2D eigenvalue weighted by molar-refractivity contribution is 0.0950. The highest BCUT2D eigenvalue weighted by molar-refractivity contribution is 7.89. The number of carbonyl (C=O) groups is 1. The van der Waals surface area contributed by atoms with E-state index in [1.165, 1.54) is 19.2 Å². The number of rotatable bonds is 7. The minimum Gasteiger partial charge on any atom is -0.481 e. The molecule has 2 aromatic rings. The van der Waals surface area contributed by atoms with Gasteiger partial charge in [-0.05, 0) is 43.5 Å². The molecular formula is C18H21N3O4S. The van der Waals surface area contributed by atoms with Crippen LogP contribution in [0.2, 0.25) is 0 Å². The molecule has 8 heteroatoms. The van der Waals surface area contributed by atoms with Gasteiger partial charge in [0.2, 0.25) is 15.9 Å². The average Bonchev–Trinajstić information content (AvgIpc) is 3.43. The van der Waals surface area contributed by atoms with Crippen LogP contribution in [0.3, 0.4) is 0 Å². The van der Waals surface area contributed by atoms with Gasteiger partial charge in [-0.15, -0.1) is 0 Å². The van der Waals surface area contributed by atoms with Crippen LogP contribution >= 0.6 is 0 Å². The molecule has 1 heterocycles. The molecular weight excluding hydrogens is 354 g/mol. The first-order chi connectivity index (χ1) is 12.4. The van der Waals surface area contributed by atoms with Gasteiger partial charge in [-0.25, -0.2) is 18.1 Å². The molecule has 1 aliphatic rings. The minimum absolute atomic E-state index is 0.0108. The lowest BCUT2D eigenvalue weighted by Gasteiger charge is -2.12. The minimum atomic E-state index is -3.61. The lowest BCUT2D eigenvalue weighted by atomic mass is 10.1. The second-order valence-corrected chi connectivity index (χ2v) is 7.94. The number of aryl methyl sites for hydroxylation is 1. The molecule has 7 nitrogen and oxygen atoms in total. The number of hydrogen-bond acceptors (Lipinski definition) is 5. The zero-order valence-electron chi connectivity index (χ0n) is 14.7. The molecule has 1 saturated carbocycles. The van der Waals surface area contributed by atoms with E-state index in [9.17, 15) is 13.2 Å². The SMILES string of the molecule is COc1ncccc1CNC(=O)c1cc(S(=O)(=O)NC2CC2)ccc1C. The molecule has 1 amide bonds. The standard InChI is InChI=1S/C18H21N3O4S/c1-12-5-8-15(26(23,24)21-14-6-7-14)10-16(12)17(22)20-11-13-4-3-9-19-18(13)25-2/h3-5,8-10,14,21H,6-7,11H2,1-2H3,(H,20,22). The van der Waals surface area contributed by atoms with Gasteiger partial charge in [0.05, 0.1) is 12.0 Å². The fourth-order valence-electron chi connectivity index (χ4n) is 2.51. The molecule has 2 N–H and O–H groups in total. The van der Waals surface area contributed by atoms with Gasteiger partial charge in [0, 0.05) is 29.9 Å². The van der Waals surface area contributed by atoms with E-state index in [1.54, 1.807) is 31.3 Å². The van der Waals surface area contributed by atoms with Crippen molar-refractivity contribution < 1.29 is 17.9 Å². The molecule has 3 rings (SSSR count). The third-order valence-corrected chi connectivity index (χ3v) is 5.66. The number of carbonyl (C=O) groups excluding carboxylic acids is 1. The van der Waals surface area contributed by atoms with Crippen molar-refractivity contribution in [1.82, 2.24) is 15.0 Å². The average molecular weight is 375 g/mol. The molecule has 0 radical (unpaired) electrons. The fourth-order valence-corrected chi connectivity index (χ4v) is 3.85. The van der Waals surface area contributed by atoms with Crippen LogP contribution in [0.4, 0.5) is 0 Å². The largest absolute Gasteiger partial charge is 0.481 e. The molecule has 0 atom stereocenters. The summed E-state index contributed by atoms with van der Waals surface area (Å²) in [6.07, 6.45) is 3.31. The summed E-state index contributed by atoms with van der Waals surface area (Å²) in [5.41, 5.74) is 1.76. The summed E-state index contributed by atoms with van der Waals surface area (Å²) in [6, 6.07) is 8.14. The maximum Gasteiger partial charge on any atom is 0.251 e. The molecule has 0 unspecified atom stereocenters. The van der Waals surface area contributed by atoms with Gasteiger partial charge in [0.25, 0.3) is 5.91 Å². The Kier molecular flexibility index (Phi) is 5.24. The maximum absolute atomic E-state index is 12.6. The molecule has 0 aliphatic heterocycles. The van der Waals surface area contributed by atoms with E-state index in [2.05, 4.69) is 15.0 Å². The van der Waals surface area contributed by atoms with Gasteiger partial charge in [-0.2, -0.15) is 0 Å². The van der Waals surface area contributed by atoms with Crippen LogP contribution in [0.5, 0.6) is 5.88 Å². The lowest BCUT2D eigenvalue weighted by Crippen LogP contribution is -2.27. The number of aromatic nitrogens is 1. The van der Waals surface area contributed by atoms with Crippen LogP contribution in [-0.4, -0.2) is 32.5 Å². The highest BCUT2D eigenvalue weighted by atomic mass is 32.2. The Morgan fingerprint density at radius 1 is 1.31 bits per heavy atom. The number of hydrogen-bond donors (Lipinski definition) is 2. The molecule has 1 aliphatic carbocycles. The van der Waals surface area contributed by atoms with Gasteiger partial charge in [0.15, 0.2) is 0 Å². The number of nitrogens with one attached hydrogen (secondary N) is 2. The van der Waals surface area contributed by atoms with E-state index >= 15 is 0 Å². The van der Waals surface area contributed by atoms with Gasteiger partial charge < -0.3 is 10.1 Å². The normalized spacial score (nSPS) is 14.1. The van der Waals surface area contributed by atoms with E-state index < -0.39 is 10.0 Å². The Labute approximate surface area is 152 Å². The summed E-state index contributed by atoms with van der Waals surface area (Å²) >= 11 is 0. The van der Waals surface area contributed by atoms with Crippen molar-refractivity contribution in [2.24, 2.45) is 0 Å². The summed E-state index contributed by atoms with van der Waals surface area (Å²) in [4.78, 5) is 16.7. The monoisotopic (exact) mass is 375 g/mol. The van der Waals surface area contributed by atoms with E-state index in [1.807, 2.05) is 0 Å². The number of benzene rings is 1. The summed E-state index contributed by atoms with van der Waals surface area (Å²) in [6.45, 7) is 2.00. The van der Waals surface area contributed by atoms with Crippen LogP contribution in [0.15, 0.2) is 41.4 Å². The Hall–Kier alpha value is -2.45. The second kappa shape index (κ2) is 7.43. The predicted molar refractivity (Wildman–Crippen MR) is 96.5 cm³/mol. The second-order valence-electron chi connectivity index (χ2n) is 6.23. The fraction of sp³-hybridized carbons (Fsp3) is 0.333. The van der Waals surface area contributed by atoms with Crippen molar-refractivity contribution in [3.63, 3.8) is 0 Å². The quantitative estimate of drug-likeness (QED) is 0.769. The number of ether oxygens (including phenoxy) is 1. The van der Waals surface area contributed by atoms with Crippen molar-refractivity contribution >= 4 is 15.9 Å². The van der Waals surface area contributed by atoms with Crippen LogP contribution in [-0.2, 0) is 16.6 Å².